The Bertz CT molecular complexity index is 433. The predicted octanol–water partition coefficient (Wildman–Crippen LogP) is 3.77. The van der Waals surface area contributed by atoms with Gasteiger partial charge in [0.2, 0.25) is 0 Å². The van der Waals surface area contributed by atoms with Gasteiger partial charge in [-0.1, -0.05) is 45.7 Å². The molecule has 114 valence electrons. The molecule has 0 aliphatic heterocycles. The zero-order valence-corrected chi connectivity index (χ0v) is 14.2. The molecule has 1 heterocycles. The molecular weight excluding hydrogens is 270 g/mol. The Balaban J connectivity index is 2.31. The van der Waals surface area contributed by atoms with Gasteiger partial charge in [0.05, 0.1) is 16.9 Å². The van der Waals surface area contributed by atoms with Gasteiger partial charge in [0.25, 0.3) is 0 Å². The van der Waals surface area contributed by atoms with Gasteiger partial charge in [-0.25, -0.2) is 0 Å². The standard InChI is InChI=1S/C16H28ClN3/c1-6-18-14-9-11(2)7-8-12(14)16(3,4)15-13(17)10-19-20(15)5/h10-12,14,18H,6-9H2,1-5H3. The summed E-state index contributed by atoms with van der Waals surface area (Å²) in [5, 5.41) is 8.82. The maximum absolute atomic E-state index is 6.40. The Morgan fingerprint density at radius 1 is 1.45 bits per heavy atom. The second kappa shape index (κ2) is 6.07. The van der Waals surface area contributed by atoms with Crippen LogP contribution in [-0.2, 0) is 12.5 Å². The molecule has 20 heavy (non-hydrogen) atoms. The molecule has 0 bridgehead atoms. The lowest BCUT2D eigenvalue weighted by atomic mass is 9.65. The third kappa shape index (κ3) is 2.89. The van der Waals surface area contributed by atoms with E-state index in [1.54, 1.807) is 6.20 Å². The van der Waals surface area contributed by atoms with E-state index in [-0.39, 0.29) is 5.41 Å². The molecular formula is C16H28ClN3. The predicted molar refractivity (Wildman–Crippen MR) is 85.2 cm³/mol. The summed E-state index contributed by atoms with van der Waals surface area (Å²) in [5.41, 5.74) is 1.21. The van der Waals surface area contributed by atoms with Crippen molar-refractivity contribution >= 4 is 11.6 Å². The summed E-state index contributed by atoms with van der Waals surface area (Å²) >= 11 is 6.40. The summed E-state index contributed by atoms with van der Waals surface area (Å²) in [6.07, 6.45) is 5.60. The number of hydrogen-bond donors (Lipinski definition) is 1. The first-order valence-electron chi connectivity index (χ1n) is 7.79. The van der Waals surface area contributed by atoms with E-state index in [1.807, 2.05) is 11.7 Å². The quantitative estimate of drug-likeness (QED) is 0.917. The molecule has 1 aromatic heterocycles. The second-order valence-electron chi connectivity index (χ2n) is 6.88. The maximum Gasteiger partial charge on any atom is 0.0823 e. The average molecular weight is 298 g/mol. The smallest absolute Gasteiger partial charge is 0.0823 e. The fourth-order valence-electron chi connectivity index (χ4n) is 4.04. The molecule has 1 saturated carbocycles. The van der Waals surface area contributed by atoms with Crippen molar-refractivity contribution in [1.82, 2.24) is 15.1 Å². The van der Waals surface area contributed by atoms with Crippen LogP contribution < -0.4 is 5.32 Å². The Morgan fingerprint density at radius 3 is 2.70 bits per heavy atom. The molecule has 3 unspecified atom stereocenters. The minimum atomic E-state index is 0.0370. The van der Waals surface area contributed by atoms with Gasteiger partial charge in [-0.3, -0.25) is 4.68 Å². The zero-order chi connectivity index (χ0) is 14.9. The van der Waals surface area contributed by atoms with E-state index < -0.39 is 0 Å². The normalized spacial score (nSPS) is 27.8. The van der Waals surface area contributed by atoms with Crippen molar-refractivity contribution in [2.75, 3.05) is 6.54 Å². The van der Waals surface area contributed by atoms with E-state index >= 15 is 0 Å². The summed E-state index contributed by atoms with van der Waals surface area (Å²) in [5.74, 6) is 1.42. The van der Waals surface area contributed by atoms with Crippen molar-refractivity contribution in [3.8, 4) is 0 Å². The summed E-state index contributed by atoms with van der Waals surface area (Å²) in [6.45, 7) is 10.2. The first kappa shape index (κ1) is 15.8. The van der Waals surface area contributed by atoms with Gasteiger partial charge in [0.15, 0.2) is 0 Å². The largest absolute Gasteiger partial charge is 0.314 e. The molecule has 0 saturated heterocycles. The maximum atomic E-state index is 6.40. The van der Waals surface area contributed by atoms with E-state index in [9.17, 15) is 0 Å². The Kier molecular flexibility index (Phi) is 4.80. The topological polar surface area (TPSA) is 29.9 Å². The fourth-order valence-corrected chi connectivity index (χ4v) is 4.45. The Hall–Kier alpha value is -0.540. The molecule has 3 atom stereocenters. The number of rotatable bonds is 4. The summed E-state index contributed by atoms with van der Waals surface area (Å²) < 4.78 is 1.95. The molecule has 1 aliphatic carbocycles. The van der Waals surface area contributed by atoms with Crippen LogP contribution in [0.5, 0.6) is 0 Å². The van der Waals surface area contributed by atoms with Gasteiger partial charge in [-0.15, -0.1) is 0 Å². The number of aryl methyl sites for hydroxylation is 1. The SMILES string of the molecule is CCNC1CC(C)CCC1C(C)(C)c1c(Cl)cnn1C. The van der Waals surface area contributed by atoms with Gasteiger partial charge in [-0.05, 0) is 31.2 Å². The molecule has 2 rings (SSSR count). The molecule has 1 aromatic rings. The number of nitrogens with zero attached hydrogens (tertiary/aromatic N) is 2. The number of hydrogen-bond acceptors (Lipinski definition) is 2. The van der Waals surface area contributed by atoms with Gasteiger partial charge >= 0.3 is 0 Å². The molecule has 0 amide bonds. The lowest BCUT2D eigenvalue weighted by molar-refractivity contribution is 0.142. The lowest BCUT2D eigenvalue weighted by Gasteiger charge is -2.44. The molecule has 0 radical (unpaired) electrons. The summed E-state index contributed by atoms with van der Waals surface area (Å²) in [7, 11) is 2.00. The monoisotopic (exact) mass is 297 g/mol. The van der Waals surface area contributed by atoms with Crippen LogP contribution in [0.25, 0.3) is 0 Å². The fraction of sp³-hybridized carbons (Fsp3) is 0.812. The van der Waals surface area contributed by atoms with Gasteiger partial charge in [0, 0.05) is 18.5 Å². The number of aromatic nitrogens is 2. The van der Waals surface area contributed by atoms with E-state index in [2.05, 4.69) is 38.1 Å². The molecule has 4 heteroatoms. The zero-order valence-electron chi connectivity index (χ0n) is 13.4. The van der Waals surface area contributed by atoms with Crippen LogP contribution in [0.15, 0.2) is 6.20 Å². The Labute approximate surface area is 128 Å². The highest BCUT2D eigenvalue weighted by atomic mass is 35.5. The van der Waals surface area contributed by atoms with Crippen LogP contribution in [-0.4, -0.2) is 22.4 Å². The Morgan fingerprint density at radius 2 is 2.15 bits per heavy atom. The minimum Gasteiger partial charge on any atom is -0.314 e. The van der Waals surface area contributed by atoms with Crippen LogP contribution in [0.2, 0.25) is 5.02 Å². The van der Waals surface area contributed by atoms with Crippen molar-refractivity contribution in [1.29, 1.82) is 0 Å². The van der Waals surface area contributed by atoms with Gasteiger partial charge < -0.3 is 5.32 Å². The average Bonchev–Trinajstić information content (AvgIpc) is 2.69. The molecule has 1 aliphatic rings. The molecule has 1 fully saturated rings. The molecule has 0 spiro atoms. The van der Waals surface area contributed by atoms with E-state index in [0.717, 1.165) is 17.5 Å². The van der Waals surface area contributed by atoms with Crippen molar-refractivity contribution in [2.24, 2.45) is 18.9 Å². The highest BCUT2D eigenvalue weighted by molar-refractivity contribution is 6.31. The van der Waals surface area contributed by atoms with E-state index in [4.69, 9.17) is 11.6 Å². The third-order valence-corrected chi connectivity index (χ3v) is 5.29. The number of nitrogens with one attached hydrogen (secondary N) is 1. The van der Waals surface area contributed by atoms with Gasteiger partial charge in [-0.2, -0.15) is 5.10 Å². The second-order valence-corrected chi connectivity index (χ2v) is 7.28. The molecule has 0 aromatic carbocycles. The first-order chi connectivity index (χ1) is 9.37. The van der Waals surface area contributed by atoms with Crippen molar-refractivity contribution in [2.45, 2.75) is 58.4 Å². The van der Waals surface area contributed by atoms with E-state index in [1.165, 1.54) is 25.0 Å². The summed E-state index contributed by atoms with van der Waals surface area (Å²) in [6, 6.07) is 0.574. The third-order valence-electron chi connectivity index (χ3n) is 5.01. The van der Waals surface area contributed by atoms with Crippen LogP contribution in [0.3, 0.4) is 0 Å². The van der Waals surface area contributed by atoms with Crippen LogP contribution in [0, 0.1) is 11.8 Å². The highest BCUT2D eigenvalue weighted by Gasteiger charge is 2.42. The van der Waals surface area contributed by atoms with Gasteiger partial charge in [0.1, 0.15) is 0 Å². The van der Waals surface area contributed by atoms with E-state index in [0.29, 0.717) is 12.0 Å². The highest BCUT2D eigenvalue weighted by Crippen LogP contribution is 2.44. The van der Waals surface area contributed by atoms with Crippen LogP contribution in [0.4, 0.5) is 0 Å². The van der Waals surface area contributed by atoms with Crippen molar-refractivity contribution in [3.05, 3.63) is 16.9 Å². The van der Waals surface area contributed by atoms with Crippen LogP contribution >= 0.6 is 11.6 Å². The minimum absolute atomic E-state index is 0.0370. The van der Waals surface area contributed by atoms with Crippen LogP contribution in [0.1, 0.15) is 52.7 Å². The van der Waals surface area contributed by atoms with Crippen molar-refractivity contribution in [3.63, 3.8) is 0 Å². The molecule has 3 nitrogen and oxygen atoms in total. The van der Waals surface area contributed by atoms with Crippen molar-refractivity contribution < 1.29 is 0 Å². The first-order valence-corrected chi connectivity index (χ1v) is 8.17. The molecule has 1 N–H and O–H groups in total. The lowest BCUT2D eigenvalue weighted by Crippen LogP contribution is -2.49. The summed E-state index contributed by atoms with van der Waals surface area (Å²) in [4.78, 5) is 0. The number of halogens is 1.